The number of aromatic carboxylic acids is 1. The van der Waals surface area contributed by atoms with E-state index in [0.717, 1.165) is 42.7 Å². The standard InChI is InChI=1S/C19H21ClN4O4S/c1-24(2)11-7-8-13(12(9-11)15(25)10-5-3-4-6-10)21-18(28)23-19-22-14(17(26)27)16(20)29-19/h7-10H,3-6H2,1-2H3,(H,26,27)(H2,21,22,23,28). The van der Waals surface area contributed by atoms with Crippen molar-refractivity contribution in [2.45, 2.75) is 25.7 Å². The Morgan fingerprint density at radius 3 is 2.48 bits per heavy atom. The molecule has 1 aromatic heterocycles. The number of halogens is 1. The minimum absolute atomic E-state index is 0.0203. The van der Waals surface area contributed by atoms with E-state index in [1.807, 2.05) is 25.1 Å². The summed E-state index contributed by atoms with van der Waals surface area (Å²) in [6.45, 7) is 0. The molecule has 154 valence electrons. The van der Waals surface area contributed by atoms with Gasteiger partial charge in [0.25, 0.3) is 0 Å². The number of aromatic nitrogens is 1. The molecule has 8 nitrogen and oxygen atoms in total. The van der Waals surface area contributed by atoms with Gasteiger partial charge in [-0.05, 0) is 31.0 Å². The molecular weight excluding hydrogens is 416 g/mol. The van der Waals surface area contributed by atoms with Gasteiger partial charge in [-0.1, -0.05) is 35.8 Å². The molecule has 0 spiro atoms. The number of Topliss-reactive ketones (excluding diaryl/α,β-unsaturated/α-hetero) is 1. The van der Waals surface area contributed by atoms with E-state index in [9.17, 15) is 14.4 Å². The summed E-state index contributed by atoms with van der Waals surface area (Å²) in [5.41, 5.74) is 1.39. The second kappa shape index (κ2) is 8.79. The molecule has 0 unspecified atom stereocenters. The van der Waals surface area contributed by atoms with Crippen LogP contribution in [0.15, 0.2) is 18.2 Å². The fourth-order valence-corrected chi connectivity index (χ4v) is 4.29. The van der Waals surface area contributed by atoms with Crippen LogP contribution in [0.1, 0.15) is 46.5 Å². The average Bonchev–Trinajstić information content (AvgIpc) is 3.31. The van der Waals surface area contributed by atoms with Gasteiger partial charge in [0, 0.05) is 31.3 Å². The summed E-state index contributed by atoms with van der Waals surface area (Å²) in [5.74, 6) is -1.29. The zero-order chi connectivity index (χ0) is 21.1. The van der Waals surface area contributed by atoms with Crippen molar-refractivity contribution in [3.05, 3.63) is 33.8 Å². The topological polar surface area (TPSA) is 112 Å². The van der Waals surface area contributed by atoms with E-state index >= 15 is 0 Å². The first-order valence-corrected chi connectivity index (χ1v) is 10.3. The largest absolute Gasteiger partial charge is 0.476 e. The molecular formula is C19H21ClN4O4S. The number of benzene rings is 1. The van der Waals surface area contributed by atoms with Crippen LogP contribution >= 0.6 is 22.9 Å². The maximum atomic E-state index is 13.0. The van der Waals surface area contributed by atoms with Crippen LogP contribution < -0.4 is 15.5 Å². The maximum absolute atomic E-state index is 13.0. The summed E-state index contributed by atoms with van der Waals surface area (Å²) in [4.78, 5) is 42.2. The van der Waals surface area contributed by atoms with Gasteiger partial charge in [-0.2, -0.15) is 0 Å². The molecule has 0 bridgehead atoms. The molecule has 10 heteroatoms. The number of rotatable bonds is 6. The number of carbonyl (C=O) groups excluding carboxylic acids is 2. The summed E-state index contributed by atoms with van der Waals surface area (Å²) in [7, 11) is 3.76. The van der Waals surface area contributed by atoms with Crippen molar-refractivity contribution in [3.63, 3.8) is 0 Å². The first-order valence-electron chi connectivity index (χ1n) is 9.09. The van der Waals surface area contributed by atoms with Crippen molar-refractivity contribution in [3.8, 4) is 0 Å². The normalized spacial score (nSPS) is 13.9. The van der Waals surface area contributed by atoms with Gasteiger partial charge in [0.2, 0.25) is 0 Å². The Balaban J connectivity index is 1.81. The first-order chi connectivity index (χ1) is 13.8. The van der Waals surface area contributed by atoms with Gasteiger partial charge in [0.05, 0.1) is 5.69 Å². The number of hydrogen-bond donors (Lipinski definition) is 3. The van der Waals surface area contributed by atoms with Crippen molar-refractivity contribution in [1.82, 2.24) is 4.98 Å². The first kappa shape index (κ1) is 21.1. The van der Waals surface area contributed by atoms with Crippen molar-refractivity contribution in [2.24, 2.45) is 5.92 Å². The molecule has 1 saturated carbocycles. The van der Waals surface area contributed by atoms with Crippen LogP contribution in [0, 0.1) is 5.92 Å². The Morgan fingerprint density at radius 1 is 1.21 bits per heavy atom. The lowest BCUT2D eigenvalue weighted by Gasteiger charge is -2.18. The fraction of sp³-hybridized carbons (Fsp3) is 0.368. The number of carboxylic acid groups (broad SMARTS) is 1. The summed E-state index contributed by atoms with van der Waals surface area (Å²) < 4.78 is -0.0276. The third-order valence-electron chi connectivity index (χ3n) is 4.77. The number of nitrogens with one attached hydrogen (secondary N) is 2. The predicted octanol–water partition coefficient (Wildman–Crippen LogP) is 4.58. The molecule has 29 heavy (non-hydrogen) atoms. The number of urea groups is 1. The van der Waals surface area contributed by atoms with Gasteiger partial charge in [-0.25, -0.2) is 14.6 Å². The molecule has 2 aromatic rings. The third kappa shape index (κ3) is 4.86. The molecule has 2 amide bonds. The van der Waals surface area contributed by atoms with Crippen LogP contribution in [0.4, 0.5) is 21.3 Å². The van der Waals surface area contributed by atoms with E-state index in [1.165, 1.54) is 0 Å². The number of nitrogens with zero attached hydrogens (tertiary/aromatic N) is 2. The van der Waals surface area contributed by atoms with Crippen molar-refractivity contribution < 1.29 is 19.5 Å². The van der Waals surface area contributed by atoms with Crippen LogP contribution in [0.3, 0.4) is 0 Å². The number of amides is 2. The smallest absolute Gasteiger partial charge is 0.357 e. The highest BCUT2D eigenvalue weighted by Crippen LogP contribution is 2.33. The lowest BCUT2D eigenvalue weighted by Crippen LogP contribution is -2.22. The fourth-order valence-electron chi connectivity index (χ4n) is 3.27. The van der Waals surface area contributed by atoms with Crippen LogP contribution in [0.5, 0.6) is 0 Å². The minimum Gasteiger partial charge on any atom is -0.476 e. The summed E-state index contributed by atoms with van der Waals surface area (Å²) in [6, 6.07) is 4.64. The number of thiazole rings is 1. The molecule has 1 heterocycles. The summed E-state index contributed by atoms with van der Waals surface area (Å²) in [6.07, 6.45) is 3.77. The Labute approximate surface area is 176 Å². The Morgan fingerprint density at radius 2 is 1.90 bits per heavy atom. The van der Waals surface area contributed by atoms with E-state index < -0.39 is 12.0 Å². The molecule has 1 aliphatic carbocycles. The molecule has 1 aliphatic rings. The minimum atomic E-state index is -1.27. The summed E-state index contributed by atoms with van der Waals surface area (Å²) in [5, 5.41) is 14.2. The van der Waals surface area contributed by atoms with Crippen molar-refractivity contribution in [1.29, 1.82) is 0 Å². The number of carbonyl (C=O) groups is 3. The van der Waals surface area contributed by atoms with Crippen LogP contribution in [-0.4, -0.2) is 42.0 Å². The van der Waals surface area contributed by atoms with Gasteiger partial charge in [-0.15, -0.1) is 0 Å². The highest BCUT2D eigenvalue weighted by molar-refractivity contribution is 7.20. The zero-order valence-corrected chi connectivity index (χ0v) is 17.6. The van der Waals surface area contributed by atoms with Gasteiger partial charge in [0.1, 0.15) is 4.34 Å². The second-order valence-electron chi connectivity index (χ2n) is 7.00. The zero-order valence-electron chi connectivity index (χ0n) is 16.0. The molecule has 0 radical (unpaired) electrons. The van der Waals surface area contributed by atoms with E-state index in [1.54, 1.807) is 12.1 Å². The maximum Gasteiger partial charge on any atom is 0.357 e. The summed E-state index contributed by atoms with van der Waals surface area (Å²) >= 11 is 6.67. The van der Waals surface area contributed by atoms with Gasteiger partial charge < -0.3 is 15.3 Å². The lowest BCUT2D eigenvalue weighted by atomic mass is 9.94. The van der Waals surface area contributed by atoms with Crippen LogP contribution in [0.2, 0.25) is 4.34 Å². The van der Waals surface area contributed by atoms with Gasteiger partial charge in [-0.3, -0.25) is 10.1 Å². The molecule has 0 aliphatic heterocycles. The van der Waals surface area contributed by atoms with Crippen molar-refractivity contribution >= 4 is 57.2 Å². The number of anilines is 3. The molecule has 0 saturated heterocycles. The highest BCUT2D eigenvalue weighted by atomic mass is 35.5. The monoisotopic (exact) mass is 436 g/mol. The van der Waals surface area contributed by atoms with Crippen LogP contribution in [-0.2, 0) is 0 Å². The van der Waals surface area contributed by atoms with Crippen molar-refractivity contribution in [2.75, 3.05) is 29.6 Å². The number of ketones is 1. The Bertz CT molecular complexity index is 954. The Hall–Kier alpha value is -2.65. The van der Waals surface area contributed by atoms with E-state index in [-0.39, 0.29) is 26.9 Å². The Kier molecular flexibility index (Phi) is 6.39. The SMILES string of the molecule is CN(C)c1ccc(NC(=O)Nc2nc(C(=O)O)c(Cl)s2)c(C(=O)C2CCCC2)c1. The van der Waals surface area contributed by atoms with Gasteiger partial charge in [0.15, 0.2) is 16.6 Å². The second-order valence-corrected chi connectivity index (χ2v) is 8.60. The molecule has 0 atom stereocenters. The molecule has 1 aromatic carbocycles. The predicted molar refractivity (Wildman–Crippen MR) is 114 cm³/mol. The molecule has 1 fully saturated rings. The van der Waals surface area contributed by atoms with E-state index in [0.29, 0.717) is 11.3 Å². The van der Waals surface area contributed by atoms with E-state index in [4.69, 9.17) is 16.7 Å². The lowest BCUT2D eigenvalue weighted by molar-refractivity contribution is 0.0691. The average molecular weight is 437 g/mol. The number of hydrogen-bond acceptors (Lipinski definition) is 6. The quantitative estimate of drug-likeness (QED) is 0.571. The van der Waals surface area contributed by atoms with Crippen LogP contribution in [0.25, 0.3) is 0 Å². The molecule has 3 rings (SSSR count). The van der Waals surface area contributed by atoms with E-state index in [2.05, 4.69) is 15.6 Å². The van der Waals surface area contributed by atoms with Gasteiger partial charge >= 0.3 is 12.0 Å². The third-order valence-corrected chi connectivity index (χ3v) is 5.94. The number of carboxylic acids is 1. The highest BCUT2D eigenvalue weighted by Gasteiger charge is 2.27. The molecule has 3 N–H and O–H groups in total.